The number of ether oxygens (including phenoxy) is 1. The summed E-state index contributed by atoms with van der Waals surface area (Å²) in [6.07, 6.45) is 0. The third kappa shape index (κ3) is 3.36. The molecule has 112 valence electrons. The normalized spacial score (nSPS) is 11.1. The molecule has 1 aromatic heterocycles. The molecule has 2 aromatic rings. The zero-order valence-electron chi connectivity index (χ0n) is 10.7. The highest BCUT2D eigenvalue weighted by atomic mass is 79.9. The van der Waals surface area contributed by atoms with Crippen LogP contribution in [-0.4, -0.2) is 26.6 Å². The maximum atomic E-state index is 12.3. The molecule has 0 bridgehead atoms. The maximum Gasteiger partial charge on any atom is 0.338 e. The Morgan fingerprint density at radius 2 is 1.95 bits per heavy atom. The topological polar surface area (TPSA) is 92.7 Å². The van der Waals surface area contributed by atoms with E-state index in [0.717, 1.165) is 11.3 Å². The molecule has 0 amide bonds. The first-order valence-corrected chi connectivity index (χ1v) is 8.68. The Hall–Kier alpha value is -1.58. The average molecular weight is 392 g/mol. The average Bonchev–Trinajstić information content (AvgIpc) is 2.80. The van der Waals surface area contributed by atoms with Crippen molar-refractivity contribution in [3.05, 3.63) is 39.0 Å². The Kier molecular flexibility index (Phi) is 4.55. The van der Waals surface area contributed by atoms with Crippen LogP contribution < -0.4 is 9.46 Å². The number of carbonyl (C=O) groups is 1. The quantitative estimate of drug-likeness (QED) is 0.816. The van der Waals surface area contributed by atoms with Crippen molar-refractivity contribution in [2.45, 2.75) is 4.90 Å². The van der Waals surface area contributed by atoms with Crippen LogP contribution in [0.3, 0.4) is 0 Å². The lowest BCUT2D eigenvalue weighted by molar-refractivity contribution is 0.0698. The third-order valence-electron chi connectivity index (χ3n) is 2.58. The predicted octanol–water partition coefficient (Wildman–Crippen LogP) is 3.02. The highest BCUT2D eigenvalue weighted by molar-refractivity contribution is 9.11. The zero-order chi connectivity index (χ0) is 15.6. The fourth-order valence-corrected chi connectivity index (χ4v) is 4.14. The zero-order valence-corrected chi connectivity index (χ0v) is 13.9. The molecule has 1 heterocycles. The van der Waals surface area contributed by atoms with Crippen LogP contribution in [0.2, 0.25) is 0 Å². The lowest BCUT2D eigenvalue weighted by Crippen LogP contribution is -2.14. The van der Waals surface area contributed by atoms with Crippen molar-refractivity contribution in [2.24, 2.45) is 0 Å². The third-order valence-corrected chi connectivity index (χ3v) is 5.67. The molecule has 0 aliphatic rings. The molecule has 0 aliphatic carbocycles. The second kappa shape index (κ2) is 6.04. The van der Waals surface area contributed by atoms with Gasteiger partial charge in [0.25, 0.3) is 10.0 Å². The predicted molar refractivity (Wildman–Crippen MR) is 82.8 cm³/mol. The van der Waals surface area contributed by atoms with Crippen LogP contribution >= 0.6 is 27.3 Å². The van der Waals surface area contributed by atoms with E-state index < -0.39 is 16.0 Å². The molecule has 21 heavy (non-hydrogen) atoms. The van der Waals surface area contributed by atoms with Gasteiger partial charge in [-0.3, -0.25) is 4.72 Å². The number of benzene rings is 1. The van der Waals surface area contributed by atoms with Gasteiger partial charge in [-0.1, -0.05) is 0 Å². The van der Waals surface area contributed by atoms with Crippen molar-refractivity contribution in [1.82, 2.24) is 0 Å². The van der Waals surface area contributed by atoms with Gasteiger partial charge in [-0.15, -0.1) is 11.3 Å². The second-order valence-electron chi connectivity index (χ2n) is 3.88. The molecule has 9 heteroatoms. The van der Waals surface area contributed by atoms with Gasteiger partial charge in [0, 0.05) is 5.38 Å². The van der Waals surface area contributed by atoms with E-state index in [1.807, 2.05) is 0 Å². The molecule has 0 radical (unpaired) electrons. The van der Waals surface area contributed by atoms with E-state index in [2.05, 4.69) is 20.7 Å². The summed E-state index contributed by atoms with van der Waals surface area (Å²) >= 11 is 4.23. The van der Waals surface area contributed by atoms with Crippen LogP contribution in [0.25, 0.3) is 0 Å². The van der Waals surface area contributed by atoms with E-state index in [0.29, 0.717) is 9.54 Å². The summed E-state index contributed by atoms with van der Waals surface area (Å²) in [6.45, 7) is 0. The molecule has 6 nitrogen and oxygen atoms in total. The SMILES string of the molecule is COc1ccc(S(=O)(=O)Nc2c(C(=O)O)csc2Br)cc1. The minimum Gasteiger partial charge on any atom is -0.497 e. The van der Waals surface area contributed by atoms with Crippen LogP contribution in [0.5, 0.6) is 5.75 Å². The Labute approximate surface area is 133 Å². The summed E-state index contributed by atoms with van der Waals surface area (Å²) < 4.78 is 32.2. The van der Waals surface area contributed by atoms with Crippen LogP contribution in [0.15, 0.2) is 38.3 Å². The minimum absolute atomic E-state index is 0.0118. The molecule has 0 spiro atoms. The first-order valence-electron chi connectivity index (χ1n) is 5.52. The Morgan fingerprint density at radius 3 is 2.48 bits per heavy atom. The molecule has 2 rings (SSSR count). The van der Waals surface area contributed by atoms with E-state index in [1.54, 1.807) is 0 Å². The van der Waals surface area contributed by atoms with E-state index in [-0.39, 0.29) is 16.1 Å². The number of thiophene rings is 1. The number of anilines is 1. The minimum atomic E-state index is -3.88. The number of methoxy groups -OCH3 is 1. The van der Waals surface area contributed by atoms with Gasteiger partial charge in [-0.25, -0.2) is 13.2 Å². The van der Waals surface area contributed by atoms with Gasteiger partial charge >= 0.3 is 5.97 Å². The highest BCUT2D eigenvalue weighted by Gasteiger charge is 2.22. The number of halogens is 1. The van der Waals surface area contributed by atoms with Crippen LogP contribution in [-0.2, 0) is 10.0 Å². The molecule has 0 atom stereocenters. The number of hydrogen-bond donors (Lipinski definition) is 2. The highest BCUT2D eigenvalue weighted by Crippen LogP contribution is 2.35. The standard InChI is InChI=1S/C12H10BrNO5S2/c1-19-7-2-4-8(5-3-7)21(17,18)14-10-9(12(15)16)6-20-11(10)13/h2-6,14H,1H3,(H,15,16). The number of nitrogens with one attached hydrogen (secondary N) is 1. The van der Waals surface area contributed by atoms with Gasteiger partial charge in [0.05, 0.1) is 27.0 Å². The molecule has 0 aliphatic heterocycles. The van der Waals surface area contributed by atoms with Crippen molar-refractivity contribution < 1.29 is 23.1 Å². The van der Waals surface area contributed by atoms with E-state index in [9.17, 15) is 13.2 Å². The molecule has 0 unspecified atom stereocenters. The monoisotopic (exact) mass is 391 g/mol. The Bertz CT molecular complexity index is 767. The molecule has 0 saturated carbocycles. The van der Waals surface area contributed by atoms with Crippen molar-refractivity contribution in [1.29, 1.82) is 0 Å². The van der Waals surface area contributed by atoms with Crippen molar-refractivity contribution in [3.8, 4) is 5.75 Å². The molecule has 0 fully saturated rings. The number of rotatable bonds is 5. The van der Waals surface area contributed by atoms with E-state index in [4.69, 9.17) is 9.84 Å². The summed E-state index contributed by atoms with van der Waals surface area (Å²) in [4.78, 5) is 11.1. The molecular formula is C12H10BrNO5S2. The van der Waals surface area contributed by atoms with Gasteiger partial charge < -0.3 is 9.84 Å². The summed E-state index contributed by atoms with van der Waals surface area (Å²) in [7, 11) is -2.40. The lowest BCUT2D eigenvalue weighted by atomic mass is 10.3. The van der Waals surface area contributed by atoms with Gasteiger partial charge in [0.2, 0.25) is 0 Å². The largest absolute Gasteiger partial charge is 0.497 e. The van der Waals surface area contributed by atoms with E-state index >= 15 is 0 Å². The van der Waals surface area contributed by atoms with Crippen LogP contribution in [0, 0.1) is 0 Å². The number of carboxylic acids is 1. The van der Waals surface area contributed by atoms with Crippen molar-refractivity contribution in [3.63, 3.8) is 0 Å². The molecule has 0 saturated heterocycles. The van der Waals surface area contributed by atoms with Gasteiger partial charge in [-0.05, 0) is 40.2 Å². The summed E-state index contributed by atoms with van der Waals surface area (Å²) in [5.74, 6) is -0.679. The number of sulfonamides is 1. The number of hydrogen-bond acceptors (Lipinski definition) is 5. The molecule has 2 N–H and O–H groups in total. The lowest BCUT2D eigenvalue weighted by Gasteiger charge is -2.09. The summed E-state index contributed by atoms with van der Waals surface area (Å²) in [6, 6.07) is 5.77. The summed E-state index contributed by atoms with van der Waals surface area (Å²) in [5.41, 5.74) is -0.0905. The van der Waals surface area contributed by atoms with Crippen molar-refractivity contribution in [2.75, 3.05) is 11.8 Å². The number of carboxylic acid groups (broad SMARTS) is 1. The van der Waals surface area contributed by atoms with Crippen molar-refractivity contribution >= 4 is 48.9 Å². The first-order chi connectivity index (χ1) is 9.85. The fraction of sp³-hybridized carbons (Fsp3) is 0.0833. The smallest absolute Gasteiger partial charge is 0.338 e. The van der Waals surface area contributed by atoms with Crippen LogP contribution in [0.4, 0.5) is 5.69 Å². The van der Waals surface area contributed by atoms with E-state index in [1.165, 1.54) is 36.8 Å². The molecular weight excluding hydrogens is 382 g/mol. The summed E-state index contributed by atoms with van der Waals surface area (Å²) in [5, 5.41) is 10.4. The Morgan fingerprint density at radius 1 is 1.33 bits per heavy atom. The van der Waals surface area contributed by atoms with Gasteiger partial charge in [0.1, 0.15) is 5.75 Å². The Balaban J connectivity index is 2.37. The number of aromatic carboxylic acids is 1. The van der Waals surface area contributed by atoms with Gasteiger partial charge in [-0.2, -0.15) is 0 Å². The first kappa shape index (κ1) is 15.8. The van der Waals surface area contributed by atoms with Crippen LogP contribution in [0.1, 0.15) is 10.4 Å². The fourth-order valence-electron chi connectivity index (χ4n) is 1.53. The van der Waals surface area contributed by atoms with Gasteiger partial charge in [0.15, 0.2) is 0 Å². The maximum absolute atomic E-state index is 12.3. The second-order valence-corrected chi connectivity index (χ2v) is 7.76. The molecule has 1 aromatic carbocycles.